The highest BCUT2D eigenvalue weighted by molar-refractivity contribution is 5.96. The lowest BCUT2D eigenvalue weighted by molar-refractivity contribution is 0.0996. The van der Waals surface area contributed by atoms with E-state index in [0.717, 1.165) is 0 Å². The zero-order chi connectivity index (χ0) is 12.4. The van der Waals surface area contributed by atoms with Gasteiger partial charge in [-0.15, -0.1) is 10.2 Å². The van der Waals surface area contributed by atoms with Gasteiger partial charge in [0.2, 0.25) is 11.8 Å². The van der Waals surface area contributed by atoms with E-state index in [4.69, 9.17) is 10.2 Å². The monoisotopic (exact) mass is 234 g/mol. The van der Waals surface area contributed by atoms with E-state index < -0.39 is 12.0 Å². The van der Waals surface area contributed by atoms with Crippen LogP contribution in [0.3, 0.4) is 0 Å². The lowest BCUT2D eigenvalue weighted by Gasteiger charge is -2.00. The summed E-state index contributed by atoms with van der Waals surface area (Å²) >= 11 is 0. The summed E-state index contributed by atoms with van der Waals surface area (Å²) in [5, 5.41) is 16.6. The number of primary amides is 1. The first kappa shape index (κ1) is 11.2. The van der Waals surface area contributed by atoms with E-state index in [-0.39, 0.29) is 17.5 Å². The molecule has 2 aromatic heterocycles. The highest BCUT2D eigenvalue weighted by atomic mass is 16.4. The molecule has 2 rings (SSSR count). The van der Waals surface area contributed by atoms with E-state index in [2.05, 4.69) is 15.2 Å². The molecule has 0 radical (unpaired) electrons. The molecule has 0 aliphatic rings. The molecule has 1 amide bonds. The van der Waals surface area contributed by atoms with Gasteiger partial charge in [0.05, 0.1) is 5.56 Å². The number of aliphatic hydroxyl groups is 1. The normalized spacial score (nSPS) is 12.4. The molecule has 7 heteroatoms. The Hall–Kier alpha value is -2.28. The van der Waals surface area contributed by atoms with Gasteiger partial charge in [0, 0.05) is 6.20 Å². The van der Waals surface area contributed by atoms with E-state index >= 15 is 0 Å². The second-order valence-corrected chi connectivity index (χ2v) is 3.39. The fourth-order valence-corrected chi connectivity index (χ4v) is 1.29. The summed E-state index contributed by atoms with van der Waals surface area (Å²) in [6.07, 6.45) is 0.570. The number of aliphatic hydroxyl groups excluding tert-OH is 1. The van der Waals surface area contributed by atoms with Crippen molar-refractivity contribution in [3.63, 3.8) is 0 Å². The van der Waals surface area contributed by atoms with Crippen molar-refractivity contribution in [3.05, 3.63) is 29.9 Å². The maximum Gasteiger partial charge on any atom is 0.268 e. The second kappa shape index (κ2) is 4.30. The van der Waals surface area contributed by atoms with Crippen LogP contribution in [0.1, 0.15) is 29.4 Å². The zero-order valence-corrected chi connectivity index (χ0v) is 8.99. The van der Waals surface area contributed by atoms with Gasteiger partial charge in [-0.25, -0.2) is 0 Å². The smallest absolute Gasteiger partial charge is 0.268 e. The largest absolute Gasteiger partial charge is 0.418 e. The Balaban J connectivity index is 2.49. The van der Waals surface area contributed by atoms with Crippen LogP contribution in [-0.4, -0.2) is 26.2 Å². The number of carbonyl (C=O) groups excluding carboxylic acids is 1. The molecule has 3 N–H and O–H groups in total. The molecule has 1 unspecified atom stereocenters. The summed E-state index contributed by atoms with van der Waals surface area (Å²) in [5.41, 5.74) is 5.57. The Morgan fingerprint density at radius 2 is 2.29 bits per heavy atom. The van der Waals surface area contributed by atoms with E-state index in [1.165, 1.54) is 13.1 Å². The van der Waals surface area contributed by atoms with Crippen LogP contribution < -0.4 is 5.73 Å². The summed E-state index contributed by atoms with van der Waals surface area (Å²) in [7, 11) is 0. The summed E-state index contributed by atoms with van der Waals surface area (Å²) in [6.45, 7) is 1.50. The number of hydrogen-bond donors (Lipinski definition) is 2. The molecule has 2 aromatic rings. The van der Waals surface area contributed by atoms with Crippen molar-refractivity contribution in [3.8, 4) is 11.5 Å². The van der Waals surface area contributed by atoms with Crippen LogP contribution >= 0.6 is 0 Å². The van der Waals surface area contributed by atoms with Crippen molar-refractivity contribution >= 4 is 5.91 Å². The summed E-state index contributed by atoms with van der Waals surface area (Å²) in [4.78, 5) is 15.0. The molecule has 0 fully saturated rings. The number of aromatic nitrogens is 3. The highest BCUT2D eigenvalue weighted by Crippen LogP contribution is 2.22. The molecule has 0 saturated carbocycles. The molecular formula is C10H10N4O3. The Kier molecular flexibility index (Phi) is 2.84. The van der Waals surface area contributed by atoms with Gasteiger partial charge in [-0.3, -0.25) is 9.78 Å². The number of nitrogens with two attached hydrogens (primary N) is 1. The van der Waals surface area contributed by atoms with Gasteiger partial charge in [0.1, 0.15) is 11.8 Å². The highest BCUT2D eigenvalue weighted by Gasteiger charge is 2.18. The van der Waals surface area contributed by atoms with E-state index in [1.807, 2.05) is 0 Å². The minimum atomic E-state index is -0.870. The van der Waals surface area contributed by atoms with E-state index in [1.54, 1.807) is 12.1 Å². The van der Waals surface area contributed by atoms with Gasteiger partial charge in [0.25, 0.3) is 5.91 Å². The molecule has 0 aliphatic heterocycles. The van der Waals surface area contributed by atoms with Crippen molar-refractivity contribution in [2.45, 2.75) is 13.0 Å². The summed E-state index contributed by atoms with van der Waals surface area (Å²) < 4.78 is 5.20. The Labute approximate surface area is 96.3 Å². The molecule has 0 saturated heterocycles. The first-order valence-electron chi connectivity index (χ1n) is 4.86. The fraction of sp³-hybridized carbons (Fsp3) is 0.200. The molecule has 88 valence electrons. The fourth-order valence-electron chi connectivity index (χ4n) is 1.29. The molecule has 0 spiro atoms. The van der Waals surface area contributed by atoms with Crippen LogP contribution in [0.4, 0.5) is 0 Å². The van der Waals surface area contributed by atoms with Crippen LogP contribution in [0.5, 0.6) is 0 Å². The van der Waals surface area contributed by atoms with Crippen molar-refractivity contribution in [2.75, 3.05) is 0 Å². The van der Waals surface area contributed by atoms with Crippen LogP contribution in [0.15, 0.2) is 22.7 Å². The minimum Gasteiger partial charge on any atom is -0.418 e. The zero-order valence-electron chi connectivity index (χ0n) is 8.99. The Bertz CT molecular complexity index is 550. The van der Waals surface area contributed by atoms with Crippen molar-refractivity contribution in [1.82, 2.24) is 15.2 Å². The maximum atomic E-state index is 11.2. The number of rotatable bonds is 3. The van der Waals surface area contributed by atoms with Gasteiger partial charge in [-0.1, -0.05) is 0 Å². The lowest BCUT2D eigenvalue weighted by Crippen LogP contribution is -2.14. The third-order valence-corrected chi connectivity index (χ3v) is 2.07. The standard InChI is InChI=1S/C10H10N4O3/c1-5(15)9-13-14-10(17-9)6-3-2-4-12-7(6)8(11)16/h2-5,15H,1H3,(H2,11,16). The molecule has 0 aliphatic carbocycles. The van der Waals surface area contributed by atoms with E-state index in [0.29, 0.717) is 5.56 Å². The predicted molar refractivity (Wildman–Crippen MR) is 56.7 cm³/mol. The number of amides is 1. The third kappa shape index (κ3) is 2.13. The summed E-state index contributed by atoms with van der Waals surface area (Å²) in [5.74, 6) is -0.514. The average Bonchev–Trinajstić information content (AvgIpc) is 2.78. The minimum absolute atomic E-state index is 0.0493. The first-order chi connectivity index (χ1) is 8.09. The van der Waals surface area contributed by atoms with Crippen LogP contribution in [0, 0.1) is 0 Å². The van der Waals surface area contributed by atoms with Gasteiger partial charge in [-0.2, -0.15) is 0 Å². The number of hydrogen-bond acceptors (Lipinski definition) is 6. The summed E-state index contributed by atoms with van der Waals surface area (Å²) in [6, 6.07) is 3.21. The molecular weight excluding hydrogens is 224 g/mol. The second-order valence-electron chi connectivity index (χ2n) is 3.39. The van der Waals surface area contributed by atoms with Gasteiger partial charge >= 0.3 is 0 Å². The number of carbonyl (C=O) groups is 1. The van der Waals surface area contributed by atoms with Crippen LogP contribution in [0.2, 0.25) is 0 Å². The predicted octanol–water partition coefficient (Wildman–Crippen LogP) is 0.284. The van der Waals surface area contributed by atoms with Crippen molar-refractivity contribution in [1.29, 1.82) is 0 Å². The molecule has 17 heavy (non-hydrogen) atoms. The van der Waals surface area contributed by atoms with Crippen LogP contribution in [-0.2, 0) is 0 Å². The topological polar surface area (TPSA) is 115 Å². The molecule has 0 aromatic carbocycles. The lowest BCUT2D eigenvalue weighted by atomic mass is 10.2. The Morgan fingerprint density at radius 1 is 1.53 bits per heavy atom. The Morgan fingerprint density at radius 3 is 2.88 bits per heavy atom. The first-order valence-corrected chi connectivity index (χ1v) is 4.86. The molecule has 0 bridgehead atoms. The maximum absolute atomic E-state index is 11.2. The van der Waals surface area contributed by atoms with Crippen molar-refractivity contribution in [2.24, 2.45) is 5.73 Å². The molecule has 1 atom stereocenters. The van der Waals surface area contributed by atoms with Crippen molar-refractivity contribution < 1.29 is 14.3 Å². The SMILES string of the molecule is CC(O)c1nnc(-c2cccnc2C(N)=O)o1. The third-order valence-electron chi connectivity index (χ3n) is 2.07. The molecule has 7 nitrogen and oxygen atoms in total. The number of pyridine rings is 1. The quantitative estimate of drug-likeness (QED) is 0.788. The van der Waals surface area contributed by atoms with Gasteiger partial charge < -0.3 is 15.3 Å². The number of nitrogens with zero attached hydrogens (tertiary/aromatic N) is 3. The van der Waals surface area contributed by atoms with Gasteiger partial charge in [0.15, 0.2) is 0 Å². The van der Waals surface area contributed by atoms with Crippen LogP contribution in [0.25, 0.3) is 11.5 Å². The average molecular weight is 234 g/mol. The van der Waals surface area contributed by atoms with Gasteiger partial charge in [-0.05, 0) is 19.1 Å². The molecule has 2 heterocycles. The van der Waals surface area contributed by atoms with E-state index in [9.17, 15) is 9.90 Å².